The quantitative estimate of drug-likeness (QED) is 0.351. The second-order valence-electron chi connectivity index (χ2n) is 8.82. The van der Waals surface area contributed by atoms with Gasteiger partial charge in [0.05, 0.1) is 18.4 Å². The molecule has 1 saturated carbocycles. The van der Waals surface area contributed by atoms with Gasteiger partial charge in [0.15, 0.2) is 0 Å². The molecule has 6 nitrogen and oxygen atoms in total. The third-order valence-electron chi connectivity index (χ3n) is 6.41. The van der Waals surface area contributed by atoms with Gasteiger partial charge in [-0.25, -0.2) is 4.79 Å². The van der Waals surface area contributed by atoms with Crippen molar-refractivity contribution in [2.24, 2.45) is 16.7 Å². The maximum Gasteiger partial charge on any atom is 0.392 e. The van der Waals surface area contributed by atoms with Crippen molar-refractivity contribution in [2.45, 2.75) is 32.4 Å². The highest BCUT2D eigenvalue weighted by Gasteiger charge is 2.78. The van der Waals surface area contributed by atoms with Crippen LogP contribution in [0.25, 0.3) is 0 Å². The van der Waals surface area contributed by atoms with Gasteiger partial charge in [-0.15, -0.1) is 0 Å². The summed E-state index contributed by atoms with van der Waals surface area (Å²) in [6.07, 6.45) is -3.51. The first-order valence-electron chi connectivity index (χ1n) is 10.8. The Hall–Kier alpha value is -3.80. The molecule has 0 unspecified atom stereocenters. The number of nitriles is 1. The van der Waals surface area contributed by atoms with E-state index in [1.807, 2.05) is 6.07 Å². The number of hydrogen-bond acceptors (Lipinski definition) is 5. The molecule has 3 atom stereocenters. The Morgan fingerprint density at radius 3 is 2.40 bits per heavy atom. The van der Waals surface area contributed by atoms with E-state index in [0.29, 0.717) is 17.1 Å². The van der Waals surface area contributed by atoms with Crippen molar-refractivity contribution < 1.29 is 37.3 Å². The lowest BCUT2D eigenvalue weighted by molar-refractivity contribution is -0.155. The molecule has 2 aromatic carbocycles. The first-order chi connectivity index (χ1) is 16.4. The van der Waals surface area contributed by atoms with Crippen LogP contribution in [-0.2, 0) is 14.3 Å². The monoisotopic (exact) mass is 487 g/mol. The maximum absolute atomic E-state index is 12.5. The van der Waals surface area contributed by atoms with Gasteiger partial charge >= 0.3 is 18.1 Å². The van der Waals surface area contributed by atoms with Crippen molar-refractivity contribution in [1.29, 1.82) is 5.26 Å². The van der Waals surface area contributed by atoms with Crippen molar-refractivity contribution in [1.82, 2.24) is 0 Å². The lowest BCUT2D eigenvalue weighted by Gasteiger charge is -2.22. The summed E-state index contributed by atoms with van der Waals surface area (Å²) in [6.45, 7) is 2.50. The zero-order valence-corrected chi connectivity index (χ0v) is 19.1. The number of esters is 1. The molecule has 0 heterocycles. The van der Waals surface area contributed by atoms with Crippen molar-refractivity contribution in [3.63, 3.8) is 0 Å². The van der Waals surface area contributed by atoms with E-state index in [1.54, 1.807) is 62.4 Å². The normalized spacial score (nSPS) is 21.7. The van der Waals surface area contributed by atoms with Gasteiger partial charge in [-0.05, 0) is 35.2 Å². The molecule has 1 aliphatic rings. The van der Waals surface area contributed by atoms with Crippen LogP contribution < -0.4 is 4.74 Å². The summed E-state index contributed by atoms with van der Waals surface area (Å²) in [7, 11) is 0. The van der Waals surface area contributed by atoms with Crippen molar-refractivity contribution in [3.8, 4) is 17.6 Å². The summed E-state index contributed by atoms with van der Waals surface area (Å²) in [4.78, 5) is 24.4. The number of hydrogen-bond donors (Lipinski definition) is 1. The summed E-state index contributed by atoms with van der Waals surface area (Å²) in [6, 6.07) is 17.6. The average Bonchev–Trinajstić information content (AvgIpc) is 3.28. The molecule has 0 bridgehead atoms. The van der Waals surface area contributed by atoms with Crippen LogP contribution in [0.1, 0.15) is 31.7 Å². The molecule has 1 aliphatic carbocycles. The fraction of sp³-hybridized carbons (Fsp3) is 0.346. The number of benzene rings is 2. The molecular weight excluding hydrogens is 463 g/mol. The molecule has 35 heavy (non-hydrogen) atoms. The Morgan fingerprint density at radius 1 is 1.14 bits per heavy atom. The summed E-state index contributed by atoms with van der Waals surface area (Å²) >= 11 is 0. The molecule has 9 heteroatoms. The molecule has 0 saturated heterocycles. The summed E-state index contributed by atoms with van der Waals surface area (Å²) in [5, 5.41) is 20.2. The SMILES string of the molecule is CC1(C)[C@H](/C=C\C(=O)OCCC(F)(F)F)[C@@]1(C(=O)O)[C@@H](C#N)c1cccc(Oc2ccccc2)c1. The highest BCUT2D eigenvalue weighted by Crippen LogP contribution is 2.75. The summed E-state index contributed by atoms with van der Waals surface area (Å²) in [5.74, 6) is -3.07. The number of allylic oxidation sites excluding steroid dienone is 1. The van der Waals surface area contributed by atoms with Gasteiger partial charge in [0.1, 0.15) is 23.5 Å². The molecule has 0 aromatic heterocycles. The second-order valence-corrected chi connectivity index (χ2v) is 8.82. The minimum Gasteiger partial charge on any atom is -0.481 e. The Labute approximate surface area is 200 Å². The molecular formula is C26H24F3NO5. The lowest BCUT2D eigenvalue weighted by atomic mass is 9.78. The molecule has 184 valence electrons. The number of rotatable bonds is 9. The topological polar surface area (TPSA) is 96.6 Å². The maximum atomic E-state index is 12.5. The van der Waals surface area contributed by atoms with Crippen LogP contribution in [0.4, 0.5) is 13.2 Å². The van der Waals surface area contributed by atoms with Crippen LogP contribution in [0, 0.1) is 28.1 Å². The molecule has 2 aromatic rings. The fourth-order valence-electron chi connectivity index (χ4n) is 4.63. The number of alkyl halides is 3. The van der Waals surface area contributed by atoms with Crippen LogP contribution >= 0.6 is 0 Å². The standard InChI is InChI=1S/C26H24F3NO5/c1-24(2)21(11-12-22(31)34-14-13-25(27,28)29)26(24,23(32)33)20(16-30)17-7-6-10-19(15-17)35-18-8-4-3-5-9-18/h3-12,15,20-21H,13-14H2,1-2H3,(H,32,33)/b12-11-/t20-,21-,26+/m0/s1. The van der Waals surface area contributed by atoms with Crippen LogP contribution in [-0.4, -0.2) is 29.8 Å². The number of carbonyl (C=O) groups is 2. The molecule has 3 rings (SSSR count). The highest BCUT2D eigenvalue weighted by molar-refractivity contribution is 5.86. The smallest absolute Gasteiger partial charge is 0.392 e. The van der Waals surface area contributed by atoms with Crippen LogP contribution in [0.2, 0.25) is 0 Å². The Morgan fingerprint density at radius 2 is 1.80 bits per heavy atom. The number of halogens is 3. The van der Waals surface area contributed by atoms with Gasteiger partial charge in [-0.2, -0.15) is 18.4 Å². The molecule has 0 spiro atoms. The zero-order chi connectivity index (χ0) is 25.9. The van der Waals surface area contributed by atoms with E-state index in [0.717, 1.165) is 6.08 Å². The van der Waals surface area contributed by atoms with Crippen molar-refractivity contribution in [3.05, 3.63) is 72.3 Å². The summed E-state index contributed by atoms with van der Waals surface area (Å²) < 4.78 is 47.1. The number of carboxylic acid groups (broad SMARTS) is 1. The van der Waals surface area contributed by atoms with Gasteiger partial charge in [-0.3, -0.25) is 4.79 Å². The van der Waals surface area contributed by atoms with Crippen molar-refractivity contribution in [2.75, 3.05) is 6.61 Å². The number of ether oxygens (including phenoxy) is 2. The minimum atomic E-state index is -4.46. The van der Waals surface area contributed by atoms with E-state index in [1.165, 1.54) is 6.08 Å². The first-order valence-corrected chi connectivity index (χ1v) is 10.8. The van der Waals surface area contributed by atoms with Gasteiger partial charge in [0, 0.05) is 12.0 Å². The van der Waals surface area contributed by atoms with Crippen LogP contribution in [0.3, 0.4) is 0 Å². The van der Waals surface area contributed by atoms with E-state index in [9.17, 15) is 33.1 Å². The average molecular weight is 487 g/mol. The van der Waals surface area contributed by atoms with Crippen molar-refractivity contribution >= 4 is 11.9 Å². The van der Waals surface area contributed by atoms with Gasteiger partial charge in [-0.1, -0.05) is 50.3 Å². The van der Waals surface area contributed by atoms with E-state index in [-0.39, 0.29) is 0 Å². The van der Waals surface area contributed by atoms with E-state index < -0.39 is 53.8 Å². The Bertz CT molecular complexity index is 1150. The predicted molar refractivity (Wildman–Crippen MR) is 119 cm³/mol. The van der Waals surface area contributed by atoms with E-state index in [4.69, 9.17) is 4.74 Å². The number of aliphatic carboxylic acids is 1. The molecule has 0 aliphatic heterocycles. The number of para-hydroxylation sites is 1. The minimum absolute atomic E-state index is 0.424. The number of carboxylic acids is 1. The third-order valence-corrected chi connectivity index (χ3v) is 6.41. The predicted octanol–water partition coefficient (Wildman–Crippen LogP) is 5.86. The summed E-state index contributed by atoms with van der Waals surface area (Å²) in [5.41, 5.74) is -2.08. The Balaban J connectivity index is 1.84. The molecule has 1 N–H and O–H groups in total. The number of nitrogens with zero attached hydrogens (tertiary/aromatic N) is 1. The highest BCUT2D eigenvalue weighted by atomic mass is 19.4. The van der Waals surface area contributed by atoms with E-state index >= 15 is 0 Å². The molecule has 0 amide bonds. The van der Waals surface area contributed by atoms with Gasteiger partial charge < -0.3 is 14.6 Å². The number of carbonyl (C=O) groups excluding carboxylic acids is 1. The van der Waals surface area contributed by atoms with E-state index in [2.05, 4.69) is 10.8 Å². The fourth-order valence-corrected chi connectivity index (χ4v) is 4.63. The lowest BCUT2D eigenvalue weighted by Crippen LogP contribution is -2.28. The first kappa shape index (κ1) is 25.8. The molecule has 1 fully saturated rings. The van der Waals surface area contributed by atoms with Gasteiger partial charge in [0.25, 0.3) is 0 Å². The Kier molecular flexibility index (Phi) is 7.25. The molecule has 0 radical (unpaired) electrons. The van der Waals surface area contributed by atoms with Gasteiger partial charge in [0.2, 0.25) is 0 Å². The van der Waals surface area contributed by atoms with Crippen LogP contribution in [0.15, 0.2) is 66.7 Å². The third kappa shape index (κ3) is 5.32. The second kappa shape index (κ2) is 9.82. The van der Waals surface area contributed by atoms with Crippen LogP contribution in [0.5, 0.6) is 11.5 Å². The zero-order valence-electron chi connectivity index (χ0n) is 19.1. The largest absolute Gasteiger partial charge is 0.481 e.